The van der Waals surface area contributed by atoms with Crippen LogP contribution in [0.5, 0.6) is 0 Å². The summed E-state index contributed by atoms with van der Waals surface area (Å²) in [5.74, 6) is -0.756. The summed E-state index contributed by atoms with van der Waals surface area (Å²) in [4.78, 5) is 13.1. The molecular weight excluding hydrogens is 260 g/mol. The summed E-state index contributed by atoms with van der Waals surface area (Å²) in [7, 11) is 0. The Labute approximate surface area is 108 Å². The molecule has 0 unspecified atom stereocenters. The van der Waals surface area contributed by atoms with Crippen molar-refractivity contribution in [3.63, 3.8) is 0 Å². The molecule has 0 N–H and O–H groups in total. The van der Waals surface area contributed by atoms with Gasteiger partial charge in [-0.15, -0.1) is 10.2 Å². The lowest BCUT2D eigenvalue weighted by molar-refractivity contribution is 0.00552. The number of rotatable bonds is 2. The maximum Gasteiger partial charge on any atom is 0.410 e. The van der Waals surface area contributed by atoms with E-state index in [-0.39, 0.29) is 11.8 Å². The zero-order valence-corrected chi connectivity index (χ0v) is 10.9. The van der Waals surface area contributed by atoms with Gasteiger partial charge in [-0.2, -0.15) is 8.78 Å². The van der Waals surface area contributed by atoms with Gasteiger partial charge < -0.3 is 14.1 Å². The number of ether oxygens (including phenoxy) is 1. The summed E-state index contributed by atoms with van der Waals surface area (Å²) in [6, 6.07) is 0. The van der Waals surface area contributed by atoms with E-state index in [1.54, 1.807) is 20.8 Å². The number of likely N-dealkylation sites (tertiary alicyclic amines) is 1. The number of carbonyl (C=O) groups excluding carboxylic acids is 1. The highest BCUT2D eigenvalue weighted by molar-refractivity contribution is 5.69. The van der Waals surface area contributed by atoms with E-state index in [1.807, 2.05) is 0 Å². The van der Waals surface area contributed by atoms with Crippen LogP contribution in [-0.4, -0.2) is 39.9 Å². The molecule has 0 atom stereocenters. The fourth-order valence-electron chi connectivity index (χ4n) is 1.61. The van der Waals surface area contributed by atoms with Crippen molar-refractivity contribution in [2.75, 3.05) is 13.1 Å². The first-order chi connectivity index (χ1) is 8.76. The summed E-state index contributed by atoms with van der Waals surface area (Å²) in [5, 5.41) is 6.80. The van der Waals surface area contributed by atoms with Gasteiger partial charge in [0.05, 0.1) is 5.92 Å². The zero-order valence-electron chi connectivity index (χ0n) is 10.9. The standard InChI is InChI=1S/C11H15F2N3O3/c1-11(2,3)19-10(17)16-4-6(5-16)8-14-15-9(18-8)7(12)13/h6-7H,4-5H2,1-3H3. The molecule has 8 heteroatoms. The molecule has 2 rings (SSSR count). The molecule has 0 aromatic carbocycles. The molecule has 6 nitrogen and oxygen atoms in total. The Morgan fingerprint density at radius 2 is 2.05 bits per heavy atom. The lowest BCUT2D eigenvalue weighted by Gasteiger charge is -2.37. The van der Waals surface area contributed by atoms with E-state index in [0.29, 0.717) is 13.1 Å². The van der Waals surface area contributed by atoms with Gasteiger partial charge in [-0.1, -0.05) is 0 Å². The fraction of sp³-hybridized carbons (Fsp3) is 0.727. The molecule has 1 fully saturated rings. The van der Waals surface area contributed by atoms with Crippen molar-refractivity contribution in [3.05, 3.63) is 11.8 Å². The van der Waals surface area contributed by atoms with E-state index < -0.39 is 24.0 Å². The molecule has 1 aliphatic heterocycles. The highest BCUT2D eigenvalue weighted by atomic mass is 19.3. The van der Waals surface area contributed by atoms with Crippen LogP contribution in [0.1, 0.15) is 44.9 Å². The number of aromatic nitrogens is 2. The number of nitrogens with zero attached hydrogens (tertiary/aromatic N) is 3. The Kier molecular flexibility index (Phi) is 3.42. The van der Waals surface area contributed by atoms with Gasteiger partial charge in [0, 0.05) is 13.1 Å². The maximum absolute atomic E-state index is 12.3. The molecule has 0 radical (unpaired) electrons. The zero-order chi connectivity index (χ0) is 14.2. The van der Waals surface area contributed by atoms with Crippen molar-refractivity contribution in [1.82, 2.24) is 15.1 Å². The van der Waals surface area contributed by atoms with E-state index in [9.17, 15) is 13.6 Å². The SMILES string of the molecule is CC(C)(C)OC(=O)N1CC(c2nnc(C(F)F)o2)C1. The van der Waals surface area contributed by atoms with E-state index in [1.165, 1.54) is 4.90 Å². The van der Waals surface area contributed by atoms with Crippen molar-refractivity contribution in [1.29, 1.82) is 0 Å². The van der Waals surface area contributed by atoms with E-state index >= 15 is 0 Å². The predicted molar refractivity (Wildman–Crippen MR) is 59.8 cm³/mol. The van der Waals surface area contributed by atoms with Crippen molar-refractivity contribution >= 4 is 6.09 Å². The number of hydrogen-bond acceptors (Lipinski definition) is 5. The largest absolute Gasteiger partial charge is 0.444 e. The van der Waals surface area contributed by atoms with Crippen LogP contribution in [0.15, 0.2) is 4.42 Å². The van der Waals surface area contributed by atoms with Crippen LogP contribution in [0.3, 0.4) is 0 Å². The molecule has 19 heavy (non-hydrogen) atoms. The summed E-state index contributed by atoms with van der Waals surface area (Å²) < 4.78 is 34.5. The van der Waals surface area contributed by atoms with Gasteiger partial charge in [0.25, 0.3) is 5.89 Å². The van der Waals surface area contributed by atoms with Crippen LogP contribution >= 0.6 is 0 Å². The van der Waals surface area contributed by atoms with E-state index in [4.69, 9.17) is 9.15 Å². The number of alkyl halides is 2. The Morgan fingerprint density at radius 3 is 2.53 bits per heavy atom. The Hall–Kier alpha value is -1.73. The average molecular weight is 275 g/mol. The van der Waals surface area contributed by atoms with Gasteiger partial charge in [-0.05, 0) is 20.8 Å². The lowest BCUT2D eigenvalue weighted by atomic mass is 10.0. The summed E-state index contributed by atoms with van der Waals surface area (Å²) in [6.45, 7) is 5.98. The second-order valence-corrected chi connectivity index (χ2v) is 5.36. The minimum absolute atomic E-state index is 0.134. The molecule has 1 amide bonds. The topological polar surface area (TPSA) is 68.5 Å². The van der Waals surface area contributed by atoms with Gasteiger partial charge in [0.15, 0.2) is 0 Å². The molecule has 2 heterocycles. The number of amides is 1. The Morgan fingerprint density at radius 1 is 1.42 bits per heavy atom. The first kappa shape index (κ1) is 13.7. The molecule has 0 bridgehead atoms. The number of carbonyl (C=O) groups is 1. The molecule has 0 saturated carbocycles. The lowest BCUT2D eigenvalue weighted by Crippen LogP contribution is -2.50. The van der Waals surface area contributed by atoms with Crippen molar-refractivity contribution < 1.29 is 22.7 Å². The van der Waals surface area contributed by atoms with Crippen molar-refractivity contribution in [2.45, 2.75) is 38.7 Å². The van der Waals surface area contributed by atoms with Crippen LogP contribution in [-0.2, 0) is 4.74 Å². The molecule has 1 aromatic heterocycles. The van der Waals surface area contributed by atoms with Crippen LogP contribution in [0, 0.1) is 0 Å². The molecule has 0 spiro atoms. The third-order valence-corrected chi connectivity index (χ3v) is 2.53. The van der Waals surface area contributed by atoms with Gasteiger partial charge >= 0.3 is 12.5 Å². The molecule has 1 aromatic rings. The van der Waals surface area contributed by atoms with Gasteiger partial charge in [-0.25, -0.2) is 4.79 Å². The Balaban J connectivity index is 1.87. The quantitative estimate of drug-likeness (QED) is 0.828. The van der Waals surface area contributed by atoms with Crippen LogP contribution in [0.2, 0.25) is 0 Å². The third kappa shape index (κ3) is 3.18. The van der Waals surface area contributed by atoms with Crippen LogP contribution < -0.4 is 0 Å². The van der Waals surface area contributed by atoms with Gasteiger partial charge in [0.1, 0.15) is 5.60 Å². The van der Waals surface area contributed by atoms with Gasteiger partial charge in [-0.3, -0.25) is 0 Å². The molecule has 0 aliphatic carbocycles. The first-order valence-electron chi connectivity index (χ1n) is 5.85. The Bertz CT molecular complexity index is 464. The van der Waals surface area contributed by atoms with Crippen LogP contribution in [0.25, 0.3) is 0 Å². The van der Waals surface area contributed by atoms with E-state index in [2.05, 4.69) is 10.2 Å². The minimum atomic E-state index is -2.77. The predicted octanol–water partition coefficient (Wildman–Crippen LogP) is 2.34. The van der Waals surface area contributed by atoms with Crippen LogP contribution in [0.4, 0.5) is 13.6 Å². The molecule has 1 aliphatic rings. The normalized spacial score (nSPS) is 16.6. The van der Waals surface area contributed by atoms with Crippen molar-refractivity contribution in [3.8, 4) is 0 Å². The fourth-order valence-corrected chi connectivity index (χ4v) is 1.61. The molecule has 106 valence electrons. The highest BCUT2D eigenvalue weighted by Gasteiger charge is 2.38. The summed E-state index contributed by atoms with van der Waals surface area (Å²) >= 11 is 0. The smallest absolute Gasteiger partial charge is 0.410 e. The van der Waals surface area contributed by atoms with E-state index in [0.717, 1.165) is 0 Å². The van der Waals surface area contributed by atoms with Crippen molar-refractivity contribution in [2.24, 2.45) is 0 Å². The summed E-state index contributed by atoms with van der Waals surface area (Å²) in [5.41, 5.74) is -0.560. The second kappa shape index (κ2) is 4.75. The molecular formula is C11H15F2N3O3. The maximum atomic E-state index is 12.3. The minimum Gasteiger partial charge on any atom is -0.444 e. The number of hydrogen-bond donors (Lipinski definition) is 0. The first-order valence-corrected chi connectivity index (χ1v) is 5.85. The third-order valence-electron chi connectivity index (χ3n) is 2.53. The summed E-state index contributed by atoms with van der Waals surface area (Å²) in [6.07, 6.45) is -3.21. The second-order valence-electron chi connectivity index (χ2n) is 5.36. The molecule has 1 saturated heterocycles. The average Bonchev–Trinajstić information content (AvgIpc) is 2.61. The monoisotopic (exact) mass is 275 g/mol. The van der Waals surface area contributed by atoms with Gasteiger partial charge in [0.2, 0.25) is 5.89 Å². The highest BCUT2D eigenvalue weighted by Crippen LogP contribution is 2.29. The number of halogens is 2.